The van der Waals surface area contributed by atoms with E-state index in [9.17, 15) is 0 Å². The third-order valence-corrected chi connectivity index (χ3v) is 4.53. The van der Waals surface area contributed by atoms with Crippen molar-refractivity contribution in [3.8, 4) is 0 Å². The van der Waals surface area contributed by atoms with Crippen LogP contribution in [0.4, 0.5) is 5.69 Å². The van der Waals surface area contributed by atoms with Gasteiger partial charge in [-0.25, -0.2) is 0 Å². The number of hydrogen-bond donors (Lipinski definition) is 1. The third-order valence-electron chi connectivity index (χ3n) is 4.00. The Kier molecular flexibility index (Phi) is 5.55. The summed E-state index contributed by atoms with van der Waals surface area (Å²) in [6, 6.07) is 9.22. The molecule has 0 aromatic heterocycles. The van der Waals surface area contributed by atoms with E-state index in [4.69, 9.17) is 0 Å². The van der Waals surface area contributed by atoms with E-state index in [0.29, 0.717) is 6.04 Å². The number of hydrogen-bond acceptors (Lipinski definition) is 1. The first-order chi connectivity index (χ1) is 8.78. The fourth-order valence-corrected chi connectivity index (χ4v) is 3.27. The van der Waals surface area contributed by atoms with Crippen molar-refractivity contribution in [2.24, 2.45) is 5.92 Å². The molecule has 1 aromatic carbocycles. The van der Waals surface area contributed by atoms with Crippen molar-refractivity contribution in [1.29, 1.82) is 0 Å². The molecule has 0 radical (unpaired) electrons. The second kappa shape index (κ2) is 7.18. The van der Waals surface area contributed by atoms with Crippen LogP contribution in [-0.4, -0.2) is 6.04 Å². The zero-order valence-electron chi connectivity index (χ0n) is 11.3. The van der Waals surface area contributed by atoms with E-state index in [1.807, 2.05) is 0 Å². The summed E-state index contributed by atoms with van der Waals surface area (Å²) >= 11 is 3.48. The maximum absolute atomic E-state index is 3.69. The van der Waals surface area contributed by atoms with Gasteiger partial charge in [0.25, 0.3) is 0 Å². The molecule has 0 heterocycles. The molecule has 1 aliphatic carbocycles. The Bertz CT molecular complexity index is 347. The van der Waals surface area contributed by atoms with E-state index in [1.165, 1.54) is 50.6 Å². The first-order valence-corrected chi connectivity index (χ1v) is 8.09. The molecule has 0 aliphatic heterocycles. The number of rotatable bonds is 4. The van der Waals surface area contributed by atoms with Crippen LogP contribution in [0.15, 0.2) is 28.7 Å². The molecule has 1 aromatic rings. The Morgan fingerprint density at radius 3 is 2.61 bits per heavy atom. The summed E-state index contributed by atoms with van der Waals surface area (Å²) in [5.41, 5.74) is 1.26. The van der Waals surface area contributed by atoms with Crippen molar-refractivity contribution in [2.45, 2.75) is 57.9 Å². The zero-order valence-corrected chi connectivity index (χ0v) is 12.9. The molecule has 1 saturated carbocycles. The average molecular weight is 310 g/mol. The van der Waals surface area contributed by atoms with E-state index in [2.05, 4.69) is 52.4 Å². The second-order valence-electron chi connectivity index (χ2n) is 5.51. The Hall–Kier alpha value is -0.500. The molecule has 1 nitrogen and oxygen atoms in total. The predicted octanol–water partition coefficient (Wildman–Crippen LogP) is 5.61. The van der Waals surface area contributed by atoms with Crippen LogP contribution in [0.5, 0.6) is 0 Å². The lowest BCUT2D eigenvalue weighted by Gasteiger charge is -2.18. The topological polar surface area (TPSA) is 12.0 Å². The molecule has 1 fully saturated rings. The predicted molar refractivity (Wildman–Crippen MR) is 83.0 cm³/mol. The monoisotopic (exact) mass is 309 g/mol. The van der Waals surface area contributed by atoms with Crippen LogP contribution >= 0.6 is 15.9 Å². The maximum atomic E-state index is 3.69. The summed E-state index contributed by atoms with van der Waals surface area (Å²) in [6.07, 6.45) is 9.66. The van der Waals surface area contributed by atoms with E-state index < -0.39 is 0 Å². The van der Waals surface area contributed by atoms with Gasteiger partial charge in [0.15, 0.2) is 0 Å². The van der Waals surface area contributed by atoms with Gasteiger partial charge >= 0.3 is 0 Å². The largest absolute Gasteiger partial charge is 0.382 e. The Labute approximate surface area is 119 Å². The smallest absolute Gasteiger partial charge is 0.0343 e. The first kappa shape index (κ1) is 13.9. The summed E-state index contributed by atoms with van der Waals surface area (Å²) in [5.74, 6) is 0.978. The van der Waals surface area contributed by atoms with Crippen LogP contribution in [0.1, 0.15) is 51.9 Å². The van der Waals surface area contributed by atoms with E-state index >= 15 is 0 Å². The van der Waals surface area contributed by atoms with Crippen LogP contribution in [0.2, 0.25) is 0 Å². The van der Waals surface area contributed by atoms with Crippen LogP contribution in [0, 0.1) is 5.92 Å². The van der Waals surface area contributed by atoms with Gasteiger partial charge in [0.1, 0.15) is 0 Å². The third kappa shape index (κ3) is 4.31. The van der Waals surface area contributed by atoms with Gasteiger partial charge < -0.3 is 5.32 Å². The number of anilines is 1. The standard InChI is InChI=1S/C16H24BrN/c1-2-4-13-5-3-6-15(10-7-13)18-16-11-8-14(17)9-12-16/h8-9,11-13,15,18H,2-7,10H2,1H3. The molecule has 2 unspecified atom stereocenters. The Balaban J connectivity index is 1.84. The molecule has 0 saturated heterocycles. The van der Waals surface area contributed by atoms with Crippen molar-refractivity contribution >= 4 is 21.6 Å². The van der Waals surface area contributed by atoms with Gasteiger partial charge in [0.2, 0.25) is 0 Å². The van der Waals surface area contributed by atoms with Gasteiger partial charge in [-0.1, -0.05) is 48.5 Å². The van der Waals surface area contributed by atoms with Gasteiger partial charge in [-0.2, -0.15) is 0 Å². The zero-order chi connectivity index (χ0) is 12.8. The van der Waals surface area contributed by atoms with Gasteiger partial charge in [0, 0.05) is 16.2 Å². The Morgan fingerprint density at radius 2 is 1.89 bits per heavy atom. The minimum Gasteiger partial charge on any atom is -0.382 e. The van der Waals surface area contributed by atoms with Crippen molar-refractivity contribution < 1.29 is 0 Å². The van der Waals surface area contributed by atoms with Gasteiger partial charge in [-0.3, -0.25) is 0 Å². The molecule has 0 bridgehead atoms. The highest BCUT2D eigenvalue weighted by Crippen LogP contribution is 2.28. The highest BCUT2D eigenvalue weighted by Gasteiger charge is 2.18. The maximum Gasteiger partial charge on any atom is 0.0343 e. The minimum absolute atomic E-state index is 0.674. The van der Waals surface area contributed by atoms with Gasteiger partial charge in [0.05, 0.1) is 0 Å². The van der Waals surface area contributed by atoms with Crippen LogP contribution < -0.4 is 5.32 Å². The summed E-state index contributed by atoms with van der Waals surface area (Å²) in [5, 5.41) is 3.69. The fraction of sp³-hybridized carbons (Fsp3) is 0.625. The Morgan fingerprint density at radius 1 is 1.11 bits per heavy atom. The molecule has 1 N–H and O–H groups in total. The molecular formula is C16H24BrN. The van der Waals surface area contributed by atoms with Gasteiger partial charge in [-0.05, 0) is 49.4 Å². The number of benzene rings is 1. The lowest BCUT2D eigenvalue weighted by molar-refractivity contribution is 0.422. The molecule has 18 heavy (non-hydrogen) atoms. The summed E-state index contributed by atoms with van der Waals surface area (Å²) in [4.78, 5) is 0. The number of halogens is 1. The second-order valence-corrected chi connectivity index (χ2v) is 6.43. The first-order valence-electron chi connectivity index (χ1n) is 7.30. The van der Waals surface area contributed by atoms with Crippen LogP contribution in [0.3, 0.4) is 0 Å². The average Bonchev–Trinajstić information content (AvgIpc) is 2.59. The van der Waals surface area contributed by atoms with Crippen molar-refractivity contribution in [1.82, 2.24) is 0 Å². The highest BCUT2D eigenvalue weighted by molar-refractivity contribution is 9.10. The van der Waals surface area contributed by atoms with Crippen molar-refractivity contribution in [2.75, 3.05) is 5.32 Å². The van der Waals surface area contributed by atoms with Crippen LogP contribution in [-0.2, 0) is 0 Å². The molecule has 0 amide bonds. The molecule has 2 rings (SSSR count). The van der Waals surface area contributed by atoms with Crippen molar-refractivity contribution in [3.63, 3.8) is 0 Å². The SMILES string of the molecule is CCCC1CCCC(Nc2ccc(Br)cc2)CC1. The molecule has 100 valence electrons. The molecule has 2 heteroatoms. The van der Waals surface area contributed by atoms with Crippen molar-refractivity contribution in [3.05, 3.63) is 28.7 Å². The molecule has 1 aliphatic rings. The minimum atomic E-state index is 0.674. The van der Waals surface area contributed by atoms with Gasteiger partial charge in [-0.15, -0.1) is 0 Å². The fourth-order valence-electron chi connectivity index (χ4n) is 3.00. The summed E-state index contributed by atoms with van der Waals surface area (Å²) < 4.78 is 1.15. The number of nitrogens with one attached hydrogen (secondary N) is 1. The summed E-state index contributed by atoms with van der Waals surface area (Å²) in [7, 11) is 0. The van der Waals surface area contributed by atoms with Crippen LogP contribution in [0.25, 0.3) is 0 Å². The van der Waals surface area contributed by atoms with E-state index in [0.717, 1.165) is 10.4 Å². The highest BCUT2D eigenvalue weighted by atomic mass is 79.9. The molecule has 0 spiro atoms. The van der Waals surface area contributed by atoms with E-state index in [1.54, 1.807) is 0 Å². The summed E-state index contributed by atoms with van der Waals surface area (Å²) in [6.45, 7) is 2.31. The molecule has 2 atom stereocenters. The normalized spacial score (nSPS) is 24.6. The lowest BCUT2D eigenvalue weighted by atomic mass is 9.95. The lowest BCUT2D eigenvalue weighted by Crippen LogP contribution is -2.18. The quantitative estimate of drug-likeness (QED) is 0.713. The molecular weight excluding hydrogens is 286 g/mol. The van der Waals surface area contributed by atoms with E-state index in [-0.39, 0.29) is 0 Å².